The Balaban J connectivity index is 1.71. The van der Waals surface area contributed by atoms with Crippen LogP contribution >= 0.6 is 0 Å². The molecule has 0 bridgehead atoms. The van der Waals surface area contributed by atoms with E-state index in [4.69, 9.17) is 5.11 Å². The standard InChI is InChI=1S/C14H21F2N3O/c1-18-4-6-19(7-5-18)3-2-17-10-11-8-12(15)14(20)13(16)9-11/h8-9,17,20H,2-7,10H2,1H3. The topological polar surface area (TPSA) is 38.7 Å². The summed E-state index contributed by atoms with van der Waals surface area (Å²) in [5.41, 5.74) is 0.496. The van der Waals surface area contributed by atoms with Crippen molar-refractivity contribution in [1.82, 2.24) is 15.1 Å². The van der Waals surface area contributed by atoms with Crippen molar-refractivity contribution in [3.63, 3.8) is 0 Å². The highest BCUT2D eigenvalue weighted by Crippen LogP contribution is 2.21. The maximum Gasteiger partial charge on any atom is 0.187 e. The molecule has 2 rings (SSSR count). The van der Waals surface area contributed by atoms with Gasteiger partial charge in [-0.25, -0.2) is 8.78 Å². The first-order valence-corrected chi connectivity index (χ1v) is 6.85. The molecule has 0 atom stereocenters. The van der Waals surface area contributed by atoms with Crippen LogP contribution in [-0.4, -0.2) is 61.2 Å². The minimum absolute atomic E-state index is 0.391. The van der Waals surface area contributed by atoms with Gasteiger partial charge < -0.3 is 15.3 Å². The average molecular weight is 285 g/mol. The summed E-state index contributed by atoms with van der Waals surface area (Å²) < 4.78 is 26.3. The van der Waals surface area contributed by atoms with Crippen molar-refractivity contribution >= 4 is 0 Å². The van der Waals surface area contributed by atoms with E-state index in [1.54, 1.807) is 0 Å². The van der Waals surface area contributed by atoms with Gasteiger partial charge in [-0.15, -0.1) is 0 Å². The zero-order chi connectivity index (χ0) is 14.5. The number of phenolic OH excluding ortho intramolecular Hbond substituents is 1. The fourth-order valence-corrected chi connectivity index (χ4v) is 2.26. The highest BCUT2D eigenvalue weighted by Gasteiger charge is 2.13. The van der Waals surface area contributed by atoms with E-state index in [1.807, 2.05) is 0 Å². The summed E-state index contributed by atoms with van der Waals surface area (Å²) >= 11 is 0. The molecule has 0 saturated carbocycles. The van der Waals surface area contributed by atoms with Crippen molar-refractivity contribution in [3.8, 4) is 5.75 Å². The van der Waals surface area contributed by atoms with Gasteiger partial charge in [0.25, 0.3) is 0 Å². The van der Waals surface area contributed by atoms with Gasteiger partial charge in [0, 0.05) is 45.8 Å². The molecular weight excluding hydrogens is 264 g/mol. The molecule has 2 N–H and O–H groups in total. The van der Waals surface area contributed by atoms with E-state index in [2.05, 4.69) is 22.2 Å². The predicted molar refractivity (Wildman–Crippen MR) is 73.7 cm³/mol. The van der Waals surface area contributed by atoms with Gasteiger partial charge in [-0.1, -0.05) is 0 Å². The summed E-state index contributed by atoms with van der Waals surface area (Å²) in [4.78, 5) is 4.66. The molecule has 6 heteroatoms. The average Bonchev–Trinajstić information content (AvgIpc) is 2.43. The summed E-state index contributed by atoms with van der Waals surface area (Å²) in [7, 11) is 2.11. The predicted octanol–water partition coefficient (Wildman–Crippen LogP) is 1.01. The molecule has 0 amide bonds. The number of nitrogens with one attached hydrogen (secondary N) is 1. The summed E-state index contributed by atoms with van der Waals surface area (Å²) in [5.74, 6) is -2.74. The van der Waals surface area contributed by atoms with E-state index in [9.17, 15) is 8.78 Å². The largest absolute Gasteiger partial charge is 0.503 e. The molecule has 20 heavy (non-hydrogen) atoms. The Hall–Kier alpha value is -1.24. The normalized spacial score (nSPS) is 17.6. The van der Waals surface area contributed by atoms with Crippen molar-refractivity contribution in [2.45, 2.75) is 6.54 Å². The van der Waals surface area contributed by atoms with Crippen molar-refractivity contribution < 1.29 is 13.9 Å². The maximum absolute atomic E-state index is 13.1. The summed E-state index contributed by atoms with van der Waals surface area (Å²) in [6.07, 6.45) is 0. The summed E-state index contributed by atoms with van der Waals surface area (Å²) in [6.45, 7) is 6.36. The van der Waals surface area contributed by atoms with Crippen molar-refractivity contribution in [1.29, 1.82) is 0 Å². The van der Waals surface area contributed by atoms with Gasteiger partial charge in [0.1, 0.15) is 0 Å². The van der Waals surface area contributed by atoms with E-state index >= 15 is 0 Å². The highest BCUT2D eigenvalue weighted by molar-refractivity contribution is 5.29. The molecular formula is C14H21F2N3O. The minimum atomic E-state index is -0.916. The van der Waals surface area contributed by atoms with Crippen molar-refractivity contribution in [2.75, 3.05) is 46.3 Å². The Morgan fingerprint density at radius 2 is 1.75 bits per heavy atom. The monoisotopic (exact) mass is 285 g/mol. The lowest BCUT2D eigenvalue weighted by Crippen LogP contribution is -2.46. The quantitative estimate of drug-likeness (QED) is 0.792. The number of likely N-dealkylation sites (N-methyl/N-ethyl adjacent to an activating group) is 1. The molecule has 1 aromatic carbocycles. The number of aromatic hydroxyl groups is 1. The Kier molecular flexibility index (Phi) is 5.28. The van der Waals surface area contributed by atoms with Crippen LogP contribution in [0.25, 0.3) is 0 Å². The van der Waals surface area contributed by atoms with Gasteiger partial charge in [-0.3, -0.25) is 4.90 Å². The van der Waals surface area contributed by atoms with Gasteiger partial charge in [0.15, 0.2) is 17.4 Å². The molecule has 112 valence electrons. The highest BCUT2D eigenvalue weighted by atomic mass is 19.1. The van der Waals surface area contributed by atoms with Crippen LogP contribution in [0, 0.1) is 11.6 Å². The lowest BCUT2D eigenvalue weighted by atomic mass is 10.2. The molecule has 0 spiro atoms. The SMILES string of the molecule is CN1CCN(CCNCc2cc(F)c(O)c(F)c2)CC1. The van der Waals surface area contributed by atoms with Gasteiger partial charge in [0.05, 0.1) is 0 Å². The van der Waals surface area contributed by atoms with E-state index in [-0.39, 0.29) is 0 Å². The second kappa shape index (κ2) is 6.97. The Bertz CT molecular complexity index is 425. The number of hydrogen-bond acceptors (Lipinski definition) is 4. The smallest absolute Gasteiger partial charge is 0.187 e. The van der Waals surface area contributed by atoms with Crippen LogP contribution in [0.3, 0.4) is 0 Å². The maximum atomic E-state index is 13.1. The van der Waals surface area contributed by atoms with Crippen molar-refractivity contribution in [2.24, 2.45) is 0 Å². The second-order valence-electron chi connectivity index (χ2n) is 5.23. The molecule has 1 heterocycles. The molecule has 0 aromatic heterocycles. The Morgan fingerprint density at radius 1 is 1.15 bits per heavy atom. The van der Waals surface area contributed by atoms with E-state index in [0.717, 1.165) is 51.4 Å². The molecule has 0 radical (unpaired) electrons. The third-order valence-corrected chi connectivity index (χ3v) is 3.61. The molecule has 1 aliphatic heterocycles. The number of benzene rings is 1. The zero-order valence-corrected chi connectivity index (χ0v) is 11.7. The Morgan fingerprint density at radius 3 is 2.35 bits per heavy atom. The number of halogens is 2. The molecule has 1 aliphatic rings. The van der Waals surface area contributed by atoms with Crippen LogP contribution in [0.1, 0.15) is 5.56 Å². The van der Waals surface area contributed by atoms with Gasteiger partial charge in [-0.05, 0) is 24.7 Å². The van der Waals surface area contributed by atoms with E-state index < -0.39 is 17.4 Å². The van der Waals surface area contributed by atoms with Crippen LogP contribution < -0.4 is 5.32 Å². The van der Waals surface area contributed by atoms with Crippen LogP contribution in [0.5, 0.6) is 5.75 Å². The first-order chi connectivity index (χ1) is 9.56. The fourth-order valence-electron chi connectivity index (χ4n) is 2.26. The number of rotatable bonds is 5. The third-order valence-electron chi connectivity index (χ3n) is 3.61. The number of piperazine rings is 1. The van der Waals surface area contributed by atoms with Gasteiger partial charge >= 0.3 is 0 Å². The summed E-state index contributed by atoms with van der Waals surface area (Å²) in [5, 5.41) is 12.2. The van der Waals surface area contributed by atoms with Crippen LogP contribution in [0.15, 0.2) is 12.1 Å². The van der Waals surface area contributed by atoms with E-state index in [1.165, 1.54) is 0 Å². The van der Waals surface area contributed by atoms with Gasteiger partial charge in [0.2, 0.25) is 0 Å². The van der Waals surface area contributed by atoms with Crippen LogP contribution in [-0.2, 0) is 6.54 Å². The molecule has 0 aliphatic carbocycles. The first kappa shape index (κ1) is 15.2. The molecule has 1 aromatic rings. The number of hydrogen-bond donors (Lipinski definition) is 2. The van der Waals surface area contributed by atoms with Gasteiger partial charge in [-0.2, -0.15) is 0 Å². The number of nitrogens with zero attached hydrogens (tertiary/aromatic N) is 2. The summed E-state index contributed by atoms with van der Waals surface area (Å²) in [6, 6.07) is 2.31. The fraction of sp³-hybridized carbons (Fsp3) is 0.571. The lowest BCUT2D eigenvalue weighted by molar-refractivity contribution is 0.154. The first-order valence-electron chi connectivity index (χ1n) is 6.85. The van der Waals surface area contributed by atoms with Crippen LogP contribution in [0.2, 0.25) is 0 Å². The molecule has 0 unspecified atom stereocenters. The van der Waals surface area contributed by atoms with Crippen LogP contribution in [0.4, 0.5) is 8.78 Å². The number of phenols is 1. The van der Waals surface area contributed by atoms with Crippen molar-refractivity contribution in [3.05, 3.63) is 29.3 Å². The zero-order valence-electron chi connectivity index (χ0n) is 11.7. The lowest BCUT2D eigenvalue weighted by Gasteiger charge is -2.32. The van der Waals surface area contributed by atoms with E-state index in [0.29, 0.717) is 12.1 Å². The third kappa shape index (κ3) is 4.13. The minimum Gasteiger partial charge on any atom is -0.503 e. The molecule has 4 nitrogen and oxygen atoms in total. The second-order valence-corrected chi connectivity index (χ2v) is 5.23. The Labute approximate surface area is 118 Å². The molecule has 1 saturated heterocycles. The molecule has 1 fully saturated rings.